The number of aliphatic hydroxyl groups excluding tert-OH is 4. The molecule has 0 aliphatic rings. The van der Waals surface area contributed by atoms with Crippen molar-refractivity contribution in [2.24, 2.45) is 5.73 Å². The molecule has 0 spiro atoms. The van der Waals surface area contributed by atoms with Crippen molar-refractivity contribution >= 4 is 12.3 Å². The average molecular weight is 293 g/mol. The molecule has 0 radical (unpaired) electrons. The fraction of sp³-hybridized carbons (Fsp3) is 0.833. The fourth-order valence-corrected chi connectivity index (χ4v) is 1.45. The van der Waals surface area contributed by atoms with Gasteiger partial charge in [0.15, 0.2) is 6.29 Å². The van der Waals surface area contributed by atoms with Crippen LogP contribution in [0.25, 0.3) is 0 Å². The van der Waals surface area contributed by atoms with Crippen molar-refractivity contribution in [1.29, 1.82) is 0 Å². The van der Waals surface area contributed by atoms with Gasteiger partial charge in [0, 0.05) is 6.42 Å². The van der Waals surface area contributed by atoms with Gasteiger partial charge in [0.2, 0.25) is 0 Å². The summed E-state index contributed by atoms with van der Waals surface area (Å²) in [5.41, 5.74) is 5.30. The van der Waals surface area contributed by atoms with Crippen LogP contribution in [0.1, 0.15) is 25.7 Å². The van der Waals surface area contributed by atoms with E-state index in [2.05, 4.69) is 0 Å². The molecule has 8 nitrogen and oxygen atoms in total. The third-order valence-electron chi connectivity index (χ3n) is 2.73. The molecule has 8 heteroatoms. The third-order valence-corrected chi connectivity index (χ3v) is 2.73. The maximum atomic E-state index is 11.3. The highest BCUT2D eigenvalue weighted by molar-refractivity contribution is 5.69. The molecule has 0 heterocycles. The Bertz CT molecular complexity index is 287. The second kappa shape index (κ2) is 10.7. The summed E-state index contributed by atoms with van der Waals surface area (Å²) < 4.78 is 4.71. The Kier molecular flexibility index (Phi) is 10.1. The number of hydrogen-bond acceptors (Lipinski definition) is 8. The van der Waals surface area contributed by atoms with Gasteiger partial charge in [-0.2, -0.15) is 0 Å². The number of unbranched alkanes of at least 4 members (excludes halogenated alkanes) is 2. The molecule has 20 heavy (non-hydrogen) atoms. The van der Waals surface area contributed by atoms with Crippen molar-refractivity contribution in [2.45, 2.75) is 50.1 Å². The molecule has 0 aromatic heterocycles. The molecule has 6 N–H and O–H groups in total. The van der Waals surface area contributed by atoms with E-state index in [1.165, 1.54) is 0 Å². The summed E-state index contributed by atoms with van der Waals surface area (Å²) in [6, 6.07) is 0. The molecule has 0 aromatic rings. The summed E-state index contributed by atoms with van der Waals surface area (Å²) in [6.07, 6.45) is -4.62. The molecule has 0 rings (SSSR count). The minimum Gasteiger partial charge on any atom is -0.463 e. The summed E-state index contributed by atoms with van der Waals surface area (Å²) in [5, 5.41) is 37.1. The highest BCUT2D eigenvalue weighted by Gasteiger charge is 2.30. The molecule has 0 aliphatic heterocycles. The molecule has 0 aliphatic carbocycles. The largest absolute Gasteiger partial charge is 0.463 e. The van der Waals surface area contributed by atoms with E-state index in [1.54, 1.807) is 0 Å². The normalized spacial score (nSPS) is 17.1. The van der Waals surface area contributed by atoms with Gasteiger partial charge in [-0.25, -0.2) is 0 Å². The fourth-order valence-electron chi connectivity index (χ4n) is 1.45. The van der Waals surface area contributed by atoms with Gasteiger partial charge in [-0.1, -0.05) is 6.42 Å². The smallest absolute Gasteiger partial charge is 0.305 e. The van der Waals surface area contributed by atoms with Crippen LogP contribution in [-0.2, 0) is 14.3 Å². The van der Waals surface area contributed by atoms with Gasteiger partial charge in [0.05, 0.1) is 0 Å². The molecule has 0 bridgehead atoms. The first-order valence-electron chi connectivity index (χ1n) is 6.47. The summed E-state index contributed by atoms with van der Waals surface area (Å²) in [7, 11) is 0. The number of rotatable bonds is 11. The summed E-state index contributed by atoms with van der Waals surface area (Å²) in [4.78, 5) is 21.5. The van der Waals surface area contributed by atoms with Crippen molar-refractivity contribution in [3.05, 3.63) is 0 Å². The molecule has 4 atom stereocenters. The Morgan fingerprint density at radius 3 is 2.30 bits per heavy atom. The van der Waals surface area contributed by atoms with Crippen molar-refractivity contribution in [2.75, 3.05) is 13.2 Å². The second-order valence-corrected chi connectivity index (χ2v) is 4.46. The third kappa shape index (κ3) is 7.51. The molecule has 0 saturated carbocycles. The van der Waals surface area contributed by atoms with Gasteiger partial charge in [0.1, 0.15) is 31.0 Å². The predicted molar refractivity (Wildman–Crippen MR) is 68.6 cm³/mol. The number of aliphatic hydroxyl groups is 4. The topological polar surface area (TPSA) is 150 Å². The number of hydrogen-bond donors (Lipinski definition) is 5. The first-order valence-corrected chi connectivity index (χ1v) is 6.47. The van der Waals surface area contributed by atoms with E-state index >= 15 is 0 Å². The monoisotopic (exact) mass is 293 g/mol. The highest BCUT2D eigenvalue weighted by atomic mass is 16.5. The average Bonchev–Trinajstić information content (AvgIpc) is 2.46. The van der Waals surface area contributed by atoms with Gasteiger partial charge in [-0.15, -0.1) is 0 Å². The lowest BCUT2D eigenvalue weighted by Crippen LogP contribution is -2.46. The summed E-state index contributed by atoms with van der Waals surface area (Å²) >= 11 is 0. The molecule has 118 valence electrons. The lowest BCUT2D eigenvalue weighted by Gasteiger charge is -2.23. The molecular formula is C12H23NO7. The zero-order chi connectivity index (χ0) is 15.5. The Morgan fingerprint density at radius 2 is 1.75 bits per heavy atom. The SMILES string of the molecule is NCCCCCC(=O)OC[C@@H](O)[C@@H](O)[C@H](O)[C@@H](O)C=O. The lowest BCUT2D eigenvalue weighted by molar-refractivity contribution is -0.156. The van der Waals surface area contributed by atoms with Crippen molar-refractivity contribution in [1.82, 2.24) is 0 Å². The number of carbonyl (C=O) groups excluding carboxylic acids is 2. The van der Waals surface area contributed by atoms with Crippen LogP contribution < -0.4 is 5.73 Å². The minimum atomic E-state index is -1.84. The van der Waals surface area contributed by atoms with Gasteiger partial charge in [-0.05, 0) is 19.4 Å². The van der Waals surface area contributed by atoms with E-state index in [9.17, 15) is 24.9 Å². The second-order valence-electron chi connectivity index (χ2n) is 4.46. The van der Waals surface area contributed by atoms with Crippen LogP contribution in [0.4, 0.5) is 0 Å². The van der Waals surface area contributed by atoms with E-state index in [0.717, 1.165) is 12.8 Å². The maximum absolute atomic E-state index is 11.3. The molecule has 0 unspecified atom stereocenters. The Balaban J connectivity index is 3.93. The zero-order valence-corrected chi connectivity index (χ0v) is 11.2. The molecule has 0 aromatic carbocycles. The van der Waals surface area contributed by atoms with Crippen LogP contribution in [-0.4, -0.2) is 70.2 Å². The highest BCUT2D eigenvalue weighted by Crippen LogP contribution is 2.06. The number of aldehydes is 1. The van der Waals surface area contributed by atoms with Gasteiger partial charge < -0.3 is 35.7 Å². The van der Waals surface area contributed by atoms with Crippen LogP contribution in [0.3, 0.4) is 0 Å². The standard InChI is InChI=1S/C12H23NO7/c13-5-3-1-2-4-10(17)20-7-9(16)12(19)11(18)8(15)6-14/h6,8-9,11-12,15-16,18-19H,1-5,7,13H2/t8-,9+,11+,12+/m0/s1. The van der Waals surface area contributed by atoms with E-state index in [4.69, 9.17) is 15.6 Å². The van der Waals surface area contributed by atoms with Gasteiger partial charge in [0.25, 0.3) is 0 Å². The van der Waals surface area contributed by atoms with Gasteiger partial charge in [-0.3, -0.25) is 4.79 Å². The van der Waals surface area contributed by atoms with Crippen LogP contribution in [0.15, 0.2) is 0 Å². The maximum Gasteiger partial charge on any atom is 0.305 e. The quantitative estimate of drug-likeness (QED) is 0.162. The molecule has 0 amide bonds. The number of carbonyl (C=O) groups is 2. The van der Waals surface area contributed by atoms with Crippen molar-refractivity contribution in [3.8, 4) is 0 Å². The van der Waals surface area contributed by atoms with Crippen LogP contribution >= 0.6 is 0 Å². The van der Waals surface area contributed by atoms with E-state index in [1.807, 2.05) is 0 Å². The Labute approximate surface area is 117 Å². The van der Waals surface area contributed by atoms with Crippen molar-refractivity contribution in [3.63, 3.8) is 0 Å². The number of nitrogens with two attached hydrogens (primary N) is 1. The zero-order valence-electron chi connectivity index (χ0n) is 11.2. The molecule has 0 saturated heterocycles. The van der Waals surface area contributed by atoms with E-state index < -0.39 is 37.0 Å². The van der Waals surface area contributed by atoms with Crippen LogP contribution in [0.2, 0.25) is 0 Å². The Hall–Kier alpha value is -1.06. The first-order chi connectivity index (χ1) is 9.43. The van der Waals surface area contributed by atoms with Crippen LogP contribution in [0, 0.1) is 0 Å². The molecular weight excluding hydrogens is 270 g/mol. The van der Waals surface area contributed by atoms with E-state index in [0.29, 0.717) is 13.0 Å². The van der Waals surface area contributed by atoms with Crippen LogP contribution in [0.5, 0.6) is 0 Å². The number of ether oxygens (including phenoxy) is 1. The van der Waals surface area contributed by atoms with Gasteiger partial charge >= 0.3 is 5.97 Å². The summed E-state index contributed by atoms with van der Waals surface area (Å²) in [6.45, 7) is 0.0242. The van der Waals surface area contributed by atoms with Crippen molar-refractivity contribution < 1.29 is 34.8 Å². The first kappa shape index (κ1) is 18.9. The summed E-state index contributed by atoms with van der Waals surface area (Å²) in [5.74, 6) is -0.543. The lowest BCUT2D eigenvalue weighted by atomic mass is 10.0. The Morgan fingerprint density at radius 1 is 1.10 bits per heavy atom. The van der Waals surface area contributed by atoms with E-state index in [-0.39, 0.29) is 12.7 Å². The molecule has 0 fully saturated rings. The minimum absolute atomic E-state index is 0.0318. The predicted octanol–water partition coefficient (Wildman–Crippen LogP) is -2.31. The number of esters is 1.